The number of hydrogen-bond donors (Lipinski definition) is 4. The van der Waals surface area contributed by atoms with E-state index in [-0.39, 0.29) is 31.1 Å². The van der Waals surface area contributed by atoms with Crippen molar-refractivity contribution in [1.29, 1.82) is 0 Å². The van der Waals surface area contributed by atoms with Gasteiger partial charge in [-0.05, 0) is 24.1 Å². The quantitative estimate of drug-likeness (QED) is 0.570. The van der Waals surface area contributed by atoms with Gasteiger partial charge in [0.15, 0.2) is 0 Å². The van der Waals surface area contributed by atoms with Crippen molar-refractivity contribution >= 4 is 12.1 Å². The normalized spacial score (nSPS) is 13.0. The maximum Gasteiger partial charge on any atom is 0.407 e. The van der Waals surface area contributed by atoms with Crippen molar-refractivity contribution < 1.29 is 34.1 Å². The first-order chi connectivity index (χ1) is 12.0. The van der Waals surface area contributed by atoms with Gasteiger partial charge in [0.1, 0.15) is 18.5 Å². The molecule has 0 saturated carbocycles. The molecule has 2 unspecified atom stereocenters. The number of carbonyl (C=O) groups is 2. The number of benzene rings is 1. The number of carboxylic acids is 1. The Balaban J connectivity index is 1.70. The van der Waals surface area contributed by atoms with Gasteiger partial charge >= 0.3 is 12.1 Å². The lowest BCUT2D eigenvalue weighted by Gasteiger charge is -2.16. The first-order valence-electron chi connectivity index (χ1n) is 7.61. The lowest BCUT2D eigenvalue weighted by atomic mass is 10.1. The van der Waals surface area contributed by atoms with E-state index in [9.17, 15) is 19.8 Å². The average Bonchev–Trinajstić information content (AvgIpc) is 3.10. The van der Waals surface area contributed by atoms with Crippen molar-refractivity contribution in [2.45, 2.75) is 25.2 Å². The van der Waals surface area contributed by atoms with Crippen LogP contribution in [0, 0.1) is 0 Å². The lowest BCUT2D eigenvalue weighted by Crippen LogP contribution is -2.29. The van der Waals surface area contributed by atoms with E-state index >= 15 is 0 Å². The molecule has 2 aromatic rings. The number of carbonyl (C=O) groups excluding carboxylic acids is 1. The molecule has 134 valence electrons. The molecule has 4 N–H and O–H groups in total. The highest BCUT2D eigenvalue weighted by Crippen LogP contribution is 2.21. The molecule has 8 heteroatoms. The largest absolute Gasteiger partial charge is 0.475 e. The third-order valence-corrected chi connectivity index (χ3v) is 3.42. The van der Waals surface area contributed by atoms with Crippen molar-refractivity contribution in [2.24, 2.45) is 0 Å². The van der Waals surface area contributed by atoms with Crippen LogP contribution in [0.2, 0.25) is 0 Å². The van der Waals surface area contributed by atoms with E-state index < -0.39 is 24.3 Å². The second-order valence-electron chi connectivity index (χ2n) is 5.30. The van der Waals surface area contributed by atoms with Gasteiger partial charge < -0.3 is 29.8 Å². The fourth-order valence-corrected chi connectivity index (χ4v) is 2.07. The van der Waals surface area contributed by atoms with E-state index in [1.807, 2.05) is 30.3 Å². The summed E-state index contributed by atoms with van der Waals surface area (Å²) in [7, 11) is 0. The maximum atomic E-state index is 11.6. The van der Waals surface area contributed by atoms with Gasteiger partial charge in [0.25, 0.3) is 0 Å². The number of nitrogens with one attached hydrogen (secondary N) is 1. The zero-order valence-electron chi connectivity index (χ0n) is 13.3. The number of rotatable bonds is 8. The van der Waals surface area contributed by atoms with E-state index in [1.165, 1.54) is 12.1 Å². The molecule has 1 amide bonds. The van der Waals surface area contributed by atoms with Crippen LogP contribution >= 0.6 is 0 Å². The minimum atomic E-state index is -1.39. The van der Waals surface area contributed by atoms with Gasteiger partial charge in [0.2, 0.25) is 5.76 Å². The Labute approximate surface area is 143 Å². The van der Waals surface area contributed by atoms with E-state index in [4.69, 9.17) is 14.3 Å². The molecule has 8 nitrogen and oxygen atoms in total. The molecule has 0 saturated heterocycles. The third kappa shape index (κ3) is 5.63. The molecule has 2 atom stereocenters. The fraction of sp³-hybridized carbons (Fsp3) is 0.294. The van der Waals surface area contributed by atoms with Gasteiger partial charge in [-0.2, -0.15) is 0 Å². The van der Waals surface area contributed by atoms with Crippen molar-refractivity contribution in [2.75, 3.05) is 6.54 Å². The summed E-state index contributed by atoms with van der Waals surface area (Å²) >= 11 is 0. The Morgan fingerprint density at radius 3 is 2.48 bits per heavy atom. The summed E-state index contributed by atoms with van der Waals surface area (Å²) in [6.07, 6.45) is -3.24. The molecule has 1 heterocycles. The fourth-order valence-electron chi connectivity index (χ4n) is 2.07. The highest BCUT2D eigenvalue weighted by atomic mass is 16.5. The molecule has 0 bridgehead atoms. The monoisotopic (exact) mass is 349 g/mol. The SMILES string of the molecule is O=C(NCCC(O)C(O)c1ccc(C(=O)O)o1)OCc1ccccc1. The number of furan rings is 1. The molecule has 1 aromatic carbocycles. The van der Waals surface area contributed by atoms with E-state index in [1.54, 1.807) is 0 Å². The topological polar surface area (TPSA) is 129 Å². The van der Waals surface area contributed by atoms with Crippen LogP contribution in [0.1, 0.15) is 34.4 Å². The molecule has 0 aliphatic carbocycles. The molecule has 0 radical (unpaired) electrons. The number of aliphatic hydroxyl groups excluding tert-OH is 2. The molecule has 0 aliphatic rings. The van der Waals surface area contributed by atoms with Gasteiger partial charge in [-0.1, -0.05) is 30.3 Å². The minimum absolute atomic E-state index is 0.0324. The number of aromatic carboxylic acids is 1. The molecule has 1 aromatic heterocycles. The zero-order chi connectivity index (χ0) is 18.2. The first-order valence-corrected chi connectivity index (χ1v) is 7.61. The predicted molar refractivity (Wildman–Crippen MR) is 85.9 cm³/mol. The Bertz CT molecular complexity index is 698. The van der Waals surface area contributed by atoms with Gasteiger partial charge in [-0.25, -0.2) is 9.59 Å². The molecule has 0 fully saturated rings. The van der Waals surface area contributed by atoms with Crippen molar-refractivity contribution in [3.63, 3.8) is 0 Å². The summed E-state index contributed by atoms with van der Waals surface area (Å²) in [5.41, 5.74) is 0.847. The molecular formula is C17H19NO7. The van der Waals surface area contributed by atoms with E-state index in [2.05, 4.69) is 5.32 Å². The lowest BCUT2D eigenvalue weighted by molar-refractivity contribution is 0.000340. The van der Waals surface area contributed by atoms with Crippen molar-refractivity contribution in [3.8, 4) is 0 Å². The standard InChI is InChI=1S/C17H19NO7/c19-12(15(20)13-6-7-14(25-13)16(21)22)8-9-18-17(23)24-10-11-4-2-1-3-5-11/h1-7,12,15,19-20H,8-10H2,(H,18,23)(H,21,22). The summed E-state index contributed by atoms with van der Waals surface area (Å²) in [5, 5.41) is 31.0. The van der Waals surface area contributed by atoms with Crippen LogP contribution in [0.5, 0.6) is 0 Å². The van der Waals surface area contributed by atoms with Gasteiger partial charge in [-0.3, -0.25) is 0 Å². The van der Waals surface area contributed by atoms with Crippen LogP contribution in [-0.4, -0.2) is 40.0 Å². The second kappa shape index (κ2) is 8.86. The van der Waals surface area contributed by atoms with Crippen molar-refractivity contribution in [1.82, 2.24) is 5.32 Å². The minimum Gasteiger partial charge on any atom is -0.475 e. The van der Waals surface area contributed by atoms with Gasteiger partial charge in [0.05, 0.1) is 6.10 Å². The number of hydrogen-bond acceptors (Lipinski definition) is 6. The predicted octanol–water partition coefficient (Wildman–Crippen LogP) is 1.69. The summed E-state index contributed by atoms with van der Waals surface area (Å²) < 4.78 is 9.93. The summed E-state index contributed by atoms with van der Waals surface area (Å²) in [6, 6.07) is 11.6. The average molecular weight is 349 g/mol. The van der Waals surface area contributed by atoms with Crippen LogP contribution in [0.4, 0.5) is 4.79 Å². The molecule has 25 heavy (non-hydrogen) atoms. The number of aliphatic hydroxyl groups is 2. The molecule has 0 spiro atoms. The maximum absolute atomic E-state index is 11.6. The van der Waals surface area contributed by atoms with E-state index in [0.29, 0.717) is 0 Å². The first kappa shape index (κ1) is 18.5. The van der Waals surface area contributed by atoms with Gasteiger partial charge in [-0.15, -0.1) is 0 Å². The number of alkyl carbamates (subject to hydrolysis) is 1. The molecule has 0 aliphatic heterocycles. The van der Waals surface area contributed by atoms with Crippen molar-refractivity contribution in [3.05, 3.63) is 59.5 Å². The van der Waals surface area contributed by atoms with Crippen LogP contribution in [0.3, 0.4) is 0 Å². The second-order valence-corrected chi connectivity index (χ2v) is 5.30. The summed E-state index contributed by atoms with van der Waals surface area (Å²) in [5.74, 6) is -1.66. The smallest absolute Gasteiger partial charge is 0.407 e. The number of carboxylic acid groups (broad SMARTS) is 1. The molecular weight excluding hydrogens is 330 g/mol. The Kier molecular flexibility index (Phi) is 6.55. The number of amides is 1. The van der Waals surface area contributed by atoms with Crippen LogP contribution in [-0.2, 0) is 11.3 Å². The number of ether oxygens (including phenoxy) is 1. The summed E-state index contributed by atoms with van der Waals surface area (Å²) in [6.45, 7) is 0.195. The Morgan fingerprint density at radius 1 is 1.12 bits per heavy atom. The highest BCUT2D eigenvalue weighted by molar-refractivity contribution is 5.84. The Hall–Kier alpha value is -2.84. The van der Waals surface area contributed by atoms with Gasteiger partial charge in [0, 0.05) is 6.54 Å². The van der Waals surface area contributed by atoms with Crippen LogP contribution < -0.4 is 5.32 Å². The van der Waals surface area contributed by atoms with E-state index in [0.717, 1.165) is 5.56 Å². The highest BCUT2D eigenvalue weighted by Gasteiger charge is 2.23. The van der Waals surface area contributed by atoms with Crippen LogP contribution in [0.15, 0.2) is 46.9 Å². The third-order valence-electron chi connectivity index (χ3n) is 3.42. The van der Waals surface area contributed by atoms with Crippen LogP contribution in [0.25, 0.3) is 0 Å². The summed E-state index contributed by atoms with van der Waals surface area (Å²) in [4.78, 5) is 22.3. The Morgan fingerprint density at radius 2 is 1.84 bits per heavy atom. The zero-order valence-corrected chi connectivity index (χ0v) is 13.3. The molecule has 2 rings (SSSR count).